The van der Waals surface area contributed by atoms with Crippen LogP contribution in [0, 0.1) is 0 Å². The van der Waals surface area contributed by atoms with Gasteiger partial charge in [0.15, 0.2) is 17.5 Å². The number of furan rings is 1. The SMILES string of the molecule is O=c1c2ccccc2c2cccc3nc(-c4ccc5oc6cccc(-c7nc(-c8ccccc8)nc(-c8ccccc8)n7)c6c5c4)n1c32. The summed E-state index contributed by atoms with van der Waals surface area (Å²) in [5.41, 5.74) is 6.36. The van der Waals surface area contributed by atoms with Crippen LogP contribution in [0.3, 0.4) is 0 Å². The molecule has 4 aromatic heterocycles. The fourth-order valence-corrected chi connectivity index (χ4v) is 6.84. The largest absolute Gasteiger partial charge is 0.456 e. The highest BCUT2D eigenvalue weighted by Gasteiger charge is 2.21. The van der Waals surface area contributed by atoms with Gasteiger partial charge in [0.05, 0.1) is 11.0 Å². The number of aromatic nitrogens is 5. The van der Waals surface area contributed by atoms with Gasteiger partial charge in [-0.05, 0) is 41.8 Å². The molecular formula is C41H23N5O2. The Morgan fingerprint density at radius 1 is 0.479 bits per heavy atom. The summed E-state index contributed by atoms with van der Waals surface area (Å²) in [6.07, 6.45) is 0. The zero-order valence-electron chi connectivity index (χ0n) is 25.3. The van der Waals surface area contributed by atoms with E-state index in [-0.39, 0.29) is 5.56 Å². The summed E-state index contributed by atoms with van der Waals surface area (Å²) in [4.78, 5) is 33.9. The van der Waals surface area contributed by atoms with E-state index in [0.29, 0.717) is 39.8 Å². The van der Waals surface area contributed by atoms with Crippen LogP contribution in [0.25, 0.3) is 94.7 Å². The van der Waals surface area contributed by atoms with Gasteiger partial charge in [-0.3, -0.25) is 9.20 Å². The molecule has 10 rings (SSSR count). The van der Waals surface area contributed by atoms with E-state index in [1.807, 2.05) is 127 Å². The molecule has 0 bridgehead atoms. The topological polar surface area (TPSA) is 86.2 Å². The van der Waals surface area contributed by atoms with Crippen LogP contribution in [0.4, 0.5) is 0 Å². The fraction of sp³-hybridized carbons (Fsp3) is 0. The molecule has 0 spiro atoms. The van der Waals surface area contributed by atoms with E-state index in [0.717, 1.165) is 54.8 Å². The molecule has 7 heteroatoms. The second-order valence-electron chi connectivity index (χ2n) is 11.8. The number of hydrogen-bond donors (Lipinski definition) is 0. The van der Waals surface area contributed by atoms with Crippen LogP contribution in [0.15, 0.2) is 149 Å². The molecule has 0 aliphatic rings. The van der Waals surface area contributed by atoms with Crippen molar-refractivity contribution >= 4 is 49.1 Å². The van der Waals surface area contributed by atoms with Gasteiger partial charge in [0.1, 0.15) is 17.0 Å². The standard InChI is InChI=1S/C41H23N5O2/c47-41-29-16-8-7-15-27(29)28-17-9-19-32-36(28)46(41)40(42-32)26-21-22-33-31(23-26)35-30(18-10-20-34(35)48-33)39-44-37(24-11-3-1-4-12-24)43-38(45-39)25-13-5-2-6-14-25/h1-23H. The maximum absolute atomic E-state index is 14.0. The summed E-state index contributed by atoms with van der Waals surface area (Å²) in [6.45, 7) is 0. The van der Waals surface area contributed by atoms with Crippen LogP contribution in [0.1, 0.15) is 0 Å². The molecule has 10 aromatic rings. The number of nitrogens with zero attached hydrogens (tertiary/aromatic N) is 5. The summed E-state index contributed by atoms with van der Waals surface area (Å²) in [5, 5.41) is 4.34. The van der Waals surface area contributed by atoms with Crippen molar-refractivity contribution in [3.05, 3.63) is 150 Å². The lowest BCUT2D eigenvalue weighted by atomic mass is 10.0. The predicted molar refractivity (Wildman–Crippen MR) is 190 cm³/mol. The average Bonchev–Trinajstić information content (AvgIpc) is 3.74. The zero-order chi connectivity index (χ0) is 31.8. The molecule has 224 valence electrons. The Morgan fingerprint density at radius 3 is 1.88 bits per heavy atom. The van der Waals surface area contributed by atoms with E-state index in [1.165, 1.54) is 0 Å². The molecular weight excluding hydrogens is 594 g/mol. The summed E-state index contributed by atoms with van der Waals surface area (Å²) in [6, 6.07) is 45.5. The van der Waals surface area contributed by atoms with Gasteiger partial charge < -0.3 is 4.42 Å². The normalized spacial score (nSPS) is 11.8. The third kappa shape index (κ3) is 3.91. The smallest absolute Gasteiger partial charge is 0.264 e. The van der Waals surface area contributed by atoms with Gasteiger partial charge in [-0.25, -0.2) is 19.9 Å². The molecule has 0 saturated heterocycles. The number of rotatable bonds is 4. The zero-order valence-corrected chi connectivity index (χ0v) is 25.3. The second-order valence-corrected chi connectivity index (χ2v) is 11.8. The highest BCUT2D eigenvalue weighted by atomic mass is 16.3. The van der Waals surface area contributed by atoms with Crippen LogP contribution >= 0.6 is 0 Å². The second kappa shape index (κ2) is 10.1. The lowest BCUT2D eigenvalue weighted by Crippen LogP contribution is -2.14. The summed E-state index contributed by atoms with van der Waals surface area (Å²) in [5.74, 6) is 2.30. The van der Waals surface area contributed by atoms with Crippen molar-refractivity contribution in [1.82, 2.24) is 24.3 Å². The third-order valence-corrected chi connectivity index (χ3v) is 9.02. The first-order valence-corrected chi connectivity index (χ1v) is 15.7. The Bertz CT molecular complexity index is 2860. The molecule has 0 saturated carbocycles. The molecule has 0 fully saturated rings. The van der Waals surface area contributed by atoms with E-state index in [2.05, 4.69) is 12.1 Å². The van der Waals surface area contributed by atoms with Gasteiger partial charge in [-0.1, -0.05) is 103 Å². The van der Waals surface area contributed by atoms with Crippen LogP contribution in [0.5, 0.6) is 0 Å². The fourth-order valence-electron chi connectivity index (χ4n) is 6.84. The van der Waals surface area contributed by atoms with E-state index < -0.39 is 0 Å². The maximum Gasteiger partial charge on any atom is 0.264 e. The molecule has 0 radical (unpaired) electrons. The molecule has 48 heavy (non-hydrogen) atoms. The van der Waals surface area contributed by atoms with Crippen LogP contribution in [-0.2, 0) is 0 Å². The van der Waals surface area contributed by atoms with Gasteiger partial charge in [-0.2, -0.15) is 0 Å². The summed E-state index contributed by atoms with van der Waals surface area (Å²) in [7, 11) is 0. The average molecular weight is 618 g/mol. The minimum Gasteiger partial charge on any atom is -0.456 e. The molecule has 4 heterocycles. The predicted octanol–water partition coefficient (Wildman–Crippen LogP) is 9.19. The number of pyridine rings is 1. The number of benzene rings is 6. The minimum absolute atomic E-state index is 0.0910. The van der Waals surface area contributed by atoms with Gasteiger partial charge >= 0.3 is 0 Å². The molecule has 0 aliphatic carbocycles. The Hall–Kier alpha value is -6.73. The van der Waals surface area contributed by atoms with E-state index in [4.69, 9.17) is 24.4 Å². The number of fused-ring (bicyclic) bond motifs is 5. The molecule has 0 unspecified atom stereocenters. The quantitative estimate of drug-likeness (QED) is 0.183. The maximum atomic E-state index is 14.0. The van der Waals surface area contributed by atoms with Gasteiger partial charge in [0.2, 0.25) is 0 Å². The Morgan fingerprint density at radius 2 is 1.12 bits per heavy atom. The third-order valence-electron chi connectivity index (χ3n) is 9.02. The number of para-hydroxylation sites is 1. The van der Waals surface area contributed by atoms with Gasteiger partial charge in [-0.15, -0.1) is 0 Å². The van der Waals surface area contributed by atoms with Crippen LogP contribution in [-0.4, -0.2) is 24.3 Å². The highest BCUT2D eigenvalue weighted by molar-refractivity contribution is 6.14. The lowest BCUT2D eigenvalue weighted by Gasteiger charge is -2.09. The highest BCUT2D eigenvalue weighted by Crippen LogP contribution is 2.39. The minimum atomic E-state index is -0.0910. The van der Waals surface area contributed by atoms with E-state index >= 15 is 0 Å². The van der Waals surface area contributed by atoms with Crippen LogP contribution in [0.2, 0.25) is 0 Å². The van der Waals surface area contributed by atoms with E-state index in [9.17, 15) is 4.79 Å². The Kier molecular flexibility index (Phi) is 5.59. The number of imidazole rings is 1. The number of hydrogen-bond acceptors (Lipinski definition) is 6. The van der Waals surface area contributed by atoms with Crippen molar-refractivity contribution in [3.63, 3.8) is 0 Å². The first-order valence-electron chi connectivity index (χ1n) is 15.7. The molecule has 0 atom stereocenters. The first kappa shape index (κ1) is 26.5. The Balaban J connectivity index is 1.23. The van der Waals surface area contributed by atoms with Crippen molar-refractivity contribution in [3.8, 4) is 45.6 Å². The summed E-state index contributed by atoms with van der Waals surface area (Å²) >= 11 is 0. The lowest BCUT2D eigenvalue weighted by molar-refractivity contribution is 0.669. The summed E-state index contributed by atoms with van der Waals surface area (Å²) < 4.78 is 8.13. The van der Waals surface area contributed by atoms with Crippen molar-refractivity contribution in [2.24, 2.45) is 0 Å². The molecule has 0 N–H and O–H groups in total. The first-order chi connectivity index (χ1) is 23.7. The van der Waals surface area contributed by atoms with Crippen LogP contribution < -0.4 is 5.56 Å². The van der Waals surface area contributed by atoms with Crippen molar-refractivity contribution in [1.29, 1.82) is 0 Å². The molecule has 6 aromatic carbocycles. The molecule has 0 aliphatic heterocycles. The van der Waals surface area contributed by atoms with Crippen molar-refractivity contribution in [2.45, 2.75) is 0 Å². The van der Waals surface area contributed by atoms with Crippen molar-refractivity contribution in [2.75, 3.05) is 0 Å². The van der Waals surface area contributed by atoms with Gasteiger partial charge in [0.25, 0.3) is 5.56 Å². The molecule has 0 amide bonds. The Labute approximate surface area is 272 Å². The molecule has 7 nitrogen and oxygen atoms in total. The monoisotopic (exact) mass is 617 g/mol. The van der Waals surface area contributed by atoms with Gasteiger partial charge in [0, 0.05) is 43.8 Å². The van der Waals surface area contributed by atoms with E-state index in [1.54, 1.807) is 4.40 Å². The van der Waals surface area contributed by atoms with Crippen molar-refractivity contribution < 1.29 is 4.42 Å².